The third kappa shape index (κ3) is 4.43. The van der Waals surface area contributed by atoms with Crippen molar-refractivity contribution >= 4 is 12.6 Å². The zero-order chi connectivity index (χ0) is 15.3. The topological polar surface area (TPSA) is 9.23 Å². The van der Waals surface area contributed by atoms with Gasteiger partial charge in [-0.15, -0.1) is 0 Å². The highest BCUT2D eigenvalue weighted by molar-refractivity contribution is 7.80. The maximum absolute atomic E-state index is 12.6. The van der Waals surface area contributed by atoms with Crippen LogP contribution < -0.4 is 4.74 Å². The molecule has 5 heteroatoms. The van der Waals surface area contributed by atoms with E-state index in [1.807, 2.05) is 30.3 Å². The van der Waals surface area contributed by atoms with Gasteiger partial charge >= 0.3 is 6.18 Å². The van der Waals surface area contributed by atoms with Crippen molar-refractivity contribution in [2.24, 2.45) is 0 Å². The SMILES string of the molecule is FC(F)(F)c1cccc(OCC(CS)c2ccccc2)c1. The number of rotatable bonds is 5. The Labute approximate surface area is 127 Å². The van der Waals surface area contributed by atoms with Crippen molar-refractivity contribution in [3.8, 4) is 5.75 Å². The standard InChI is InChI=1S/C16H15F3OS/c17-16(18,19)14-7-4-8-15(9-14)20-10-13(11-21)12-5-2-1-3-6-12/h1-9,13,21H,10-11H2. The first kappa shape index (κ1) is 15.8. The van der Waals surface area contributed by atoms with E-state index in [-0.39, 0.29) is 18.3 Å². The van der Waals surface area contributed by atoms with Crippen LogP contribution in [0.2, 0.25) is 0 Å². The fourth-order valence-electron chi connectivity index (χ4n) is 1.94. The molecule has 0 aliphatic carbocycles. The van der Waals surface area contributed by atoms with Crippen molar-refractivity contribution in [1.29, 1.82) is 0 Å². The molecule has 2 aromatic rings. The molecule has 2 rings (SSSR count). The number of halogens is 3. The van der Waals surface area contributed by atoms with Gasteiger partial charge in [-0.1, -0.05) is 36.4 Å². The van der Waals surface area contributed by atoms with E-state index in [4.69, 9.17) is 4.74 Å². The molecule has 0 amide bonds. The van der Waals surface area contributed by atoms with E-state index < -0.39 is 11.7 Å². The molecular formula is C16H15F3OS. The van der Waals surface area contributed by atoms with Gasteiger partial charge < -0.3 is 4.74 Å². The zero-order valence-electron chi connectivity index (χ0n) is 11.2. The summed E-state index contributed by atoms with van der Waals surface area (Å²) in [6.07, 6.45) is -4.36. The van der Waals surface area contributed by atoms with Crippen LogP contribution in [0.15, 0.2) is 54.6 Å². The largest absolute Gasteiger partial charge is 0.493 e. The lowest BCUT2D eigenvalue weighted by molar-refractivity contribution is -0.137. The molecule has 0 fully saturated rings. The highest BCUT2D eigenvalue weighted by Gasteiger charge is 2.30. The van der Waals surface area contributed by atoms with Crippen LogP contribution in [0.4, 0.5) is 13.2 Å². The molecule has 0 bridgehead atoms. The lowest BCUT2D eigenvalue weighted by atomic mass is 10.0. The zero-order valence-corrected chi connectivity index (χ0v) is 12.1. The first-order chi connectivity index (χ1) is 10.0. The van der Waals surface area contributed by atoms with Gasteiger partial charge in [-0.05, 0) is 23.8 Å². The molecule has 1 unspecified atom stereocenters. The molecule has 0 radical (unpaired) electrons. The lowest BCUT2D eigenvalue weighted by Gasteiger charge is -2.16. The van der Waals surface area contributed by atoms with Crippen molar-refractivity contribution in [2.75, 3.05) is 12.4 Å². The number of ether oxygens (including phenoxy) is 1. The average molecular weight is 312 g/mol. The third-order valence-electron chi connectivity index (χ3n) is 3.10. The maximum atomic E-state index is 12.6. The fraction of sp³-hybridized carbons (Fsp3) is 0.250. The molecule has 0 saturated carbocycles. The molecule has 112 valence electrons. The van der Waals surface area contributed by atoms with Crippen LogP contribution in [0.5, 0.6) is 5.75 Å². The maximum Gasteiger partial charge on any atom is 0.416 e. The van der Waals surface area contributed by atoms with Gasteiger partial charge in [-0.3, -0.25) is 0 Å². The van der Waals surface area contributed by atoms with Gasteiger partial charge in [0.2, 0.25) is 0 Å². The van der Waals surface area contributed by atoms with Crippen LogP contribution in [0, 0.1) is 0 Å². The van der Waals surface area contributed by atoms with Crippen molar-refractivity contribution in [1.82, 2.24) is 0 Å². The summed E-state index contributed by atoms with van der Waals surface area (Å²) in [5.74, 6) is 0.805. The van der Waals surface area contributed by atoms with Crippen molar-refractivity contribution in [2.45, 2.75) is 12.1 Å². The summed E-state index contributed by atoms with van der Waals surface area (Å²) in [5, 5.41) is 0. The van der Waals surface area contributed by atoms with Crippen LogP contribution in [0.25, 0.3) is 0 Å². The molecule has 21 heavy (non-hydrogen) atoms. The number of hydrogen-bond donors (Lipinski definition) is 1. The van der Waals surface area contributed by atoms with Crippen LogP contribution in [0.3, 0.4) is 0 Å². The number of benzene rings is 2. The van der Waals surface area contributed by atoms with Crippen molar-refractivity contribution < 1.29 is 17.9 Å². The molecule has 0 spiro atoms. The van der Waals surface area contributed by atoms with Crippen LogP contribution in [-0.2, 0) is 6.18 Å². The lowest BCUT2D eigenvalue weighted by Crippen LogP contribution is -2.12. The number of hydrogen-bond acceptors (Lipinski definition) is 2. The Morgan fingerprint density at radius 1 is 1.00 bits per heavy atom. The third-order valence-corrected chi connectivity index (χ3v) is 3.54. The Morgan fingerprint density at radius 2 is 1.71 bits per heavy atom. The summed E-state index contributed by atoms with van der Waals surface area (Å²) in [7, 11) is 0. The van der Waals surface area contributed by atoms with Crippen LogP contribution >= 0.6 is 12.6 Å². The summed E-state index contributed by atoms with van der Waals surface area (Å²) in [4.78, 5) is 0. The minimum Gasteiger partial charge on any atom is -0.493 e. The molecule has 0 heterocycles. The normalized spacial score (nSPS) is 13.0. The molecule has 0 aliphatic rings. The number of alkyl halides is 3. The highest BCUT2D eigenvalue weighted by atomic mass is 32.1. The second kappa shape index (κ2) is 6.89. The first-order valence-corrected chi connectivity index (χ1v) is 7.10. The van der Waals surface area contributed by atoms with Gasteiger partial charge in [-0.25, -0.2) is 0 Å². The summed E-state index contributed by atoms with van der Waals surface area (Å²) in [5.41, 5.74) is 0.349. The van der Waals surface area contributed by atoms with Crippen LogP contribution in [0.1, 0.15) is 17.0 Å². The Hall–Kier alpha value is -1.62. The smallest absolute Gasteiger partial charge is 0.416 e. The highest BCUT2D eigenvalue weighted by Crippen LogP contribution is 2.31. The van der Waals surface area contributed by atoms with E-state index in [1.165, 1.54) is 12.1 Å². The minimum atomic E-state index is -4.36. The summed E-state index contributed by atoms with van der Waals surface area (Å²) in [6, 6.07) is 14.6. The second-order valence-corrected chi connectivity index (χ2v) is 4.99. The molecule has 2 aromatic carbocycles. The van der Waals surface area contributed by atoms with Gasteiger partial charge in [0.1, 0.15) is 5.75 Å². The molecule has 0 aromatic heterocycles. The van der Waals surface area contributed by atoms with Gasteiger partial charge in [0.05, 0.1) is 12.2 Å². The van der Waals surface area contributed by atoms with Crippen molar-refractivity contribution in [3.63, 3.8) is 0 Å². The average Bonchev–Trinajstić information content (AvgIpc) is 2.48. The summed E-state index contributed by atoms with van der Waals surface area (Å²) < 4.78 is 43.4. The van der Waals surface area contributed by atoms with Crippen LogP contribution in [-0.4, -0.2) is 12.4 Å². The van der Waals surface area contributed by atoms with E-state index >= 15 is 0 Å². The minimum absolute atomic E-state index is 0.0316. The van der Waals surface area contributed by atoms with E-state index in [0.717, 1.165) is 17.7 Å². The molecule has 0 aliphatic heterocycles. The Bertz CT molecular complexity index is 569. The predicted molar refractivity (Wildman–Crippen MR) is 80.0 cm³/mol. The monoisotopic (exact) mass is 312 g/mol. The van der Waals surface area contributed by atoms with Gasteiger partial charge in [0, 0.05) is 11.7 Å². The van der Waals surface area contributed by atoms with Gasteiger partial charge in [-0.2, -0.15) is 25.8 Å². The van der Waals surface area contributed by atoms with Gasteiger partial charge in [0.15, 0.2) is 0 Å². The summed E-state index contributed by atoms with van der Waals surface area (Å²) >= 11 is 4.28. The van der Waals surface area contributed by atoms with E-state index in [9.17, 15) is 13.2 Å². The number of thiol groups is 1. The molecule has 0 saturated heterocycles. The Morgan fingerprint density at radius 3 is 2.33 bits per heavy atom. The van der Waals surface area contributed by atoms with Gasteiger partial charge in [0.25, 0.3) is 0 Å². The molecule has 0 N–H and O–H groups in total. The van der Waals surface area contributed by atoms with E-state index in [2.05, 4.69) is 12.6 Å². The predicted octanol–water partition coefficient (Wildman–Crippen LogP) is 4.80. The second-order valence-electron chi connectivity index (χ2n) is 4.63. The molecular weight excluding hydrogens is 297 g/mol. The first-order valence-electron chi connectivity index (χ1n) is 6.46. The summed E-state index contributed by atoms with van der Waals surface area (Å²) in [6.45, 7) is 0.287. The molecule has 1 atom stereocenters. The van der Waals surface area contributed by atoms with E-state index in [1.54, 1.807) is 0 Å². The fourth-order valence-corrected chi connectivity index (χ4v) is 2.25. The quantitative estimate of drug-likeness (QED) is 0.780. The Balaban J connectivity index is 2.05. The van der Waals surface area contributed by atoms with E-state index in [0.29, 0.717) is 5.75 Å². The molecule has 1 nitrogen and oxygen atoms in total. The Kier molecular flexibility index (Phi) is 5.17. The van der Waals surface area contributed by atoms with Crippen molar-refractivity contribution in [3.05, 3.63) is 65.7 Å².